The minimum absolute atomic E-state index is 0.120. The van der Waals surface area contributed by atoms with Crippen LogP contribution in [0.5, 0.6) is 5.75 Å². The first kappa shape index (κ1) is 12.2. The molecule has 0 unspecified atom stereocenters. The molecule has 0 heterocycles. The van der Waals surface area contributed by atoms with Gasteiger partial charge in [0.05, 0.1) is 12.3 Å². The summed E-state index contributed by atoms with van der Waals surface area (Å²) < 4.78 is 19.0. The van der Waals surface area contributed by atoms with Gasteiger partial charge in [0.2, 0.25) is 5.91 Å². The quantitative estimate of drug-likeness (QED) is 0.824. The lowest BCUT2D eigenvalue weighted by atomic mass is 10.3. The number of anilines is 1. The van der Waals surface area contributed by atoms with Crippen molar-refractivity contribution >= 4 is 23.2 Å². The Balaban J connectivity index is 1.97. The van der Waals surface area contributed by atoms with Gasteiger partial charge in [-0.2, -0.15) is 0 Å². The molecule has 17 heavy (non-hydrogen) atoms. The Bertz CT molecular complexity index is 421. The number of carbonyl (C=O) groups is 1. The molecule has 1 aliphatic rings. The van der Waals surface area contributed by atoms with Crippen molar-refractivity contribution in [2.24, 2.45) is 5.92 Å². The fraction of sp³-hybridized carbons (Fsp3) is 0.417. The summed E-state index contributed by atoms with van der Waals surface area (Å²) in [5, 5.41) is 2.36. The summed E-state index contributed by atoms with van der Waals surface area (Å²) in [5.74, 6) is -0.0414. The smallest absolute Gasteiger partial charge is 0.239 e. The van der Waals surface area contributed by atoms with E-state index in [-0.39, 0.29) is 11.6 Å². The summed E-state index contributed by atoms with van der Waals surface area (Å²) in [6.45, 7) is 0.632. The van der Waals surface area contributed by atoms with Gasteiger partial charge in [0.15, 0.2) is 0 Å². The van der Waals surface area contributed by atoms with E-state index < -0.39 is 11.7 Å². The third-order valence-corrected chi connectivity index (χ3v) is 2.76. The molecule has 5 heteroatoms. The van der Waals surface area contributed by atoms with Crippen molar-refractivity contribution in [3.63, 3.8) is 0 Å². The zero-order chi connectivity index (χ0) is 12.3. The molecule has 92 valence electrons. The Kier molecular flexibility index (Phi) is 3.84. The Morgan fingerprint density at radius 1 is 1.53 bits per heavy atom. The molecule has 1 amide bonds. The van der Waals surface area contributed by atoms with E-state index in [1.807, 2.05) is 0 Å². The predicted octanol–water partition coefficient (Wildman–Crippen LogP) is 2.79. The van der Waals surface area contributed by atoms with E-state index in [4.69, 9.17) is 16.3 Å². The van der Waals surface area contributed by atoms with E-state index in [0.29, 0.717) is 18.3 Å². The van der Waals surface area contributed by atoms with Gasteiger partial charge in [-0.05, 0) is 30.9 Å². The van der Waals surface area contributed by atoms with E-state index in [9.17, 15) is 9.18 Å². The highest BCUT2D eigenvalue weighted by Crippen LogP contribution is 2.30. The number of amides is 1. The summed E-state index contributed by atoms with van der Waals surface area (Å²) >= 11 is 5.32. The highest BCUT2D eigenvalue weighted by molar-refractivity contribution is 6.29. The fourth-order valence-electron chi connectivity index (χ4n) is 1.37. The number of hydrogen-bond donors (Lipinski definition) is 1. The second kappa shape index (κ2) is 5.36. The van der Waals surface area contributed by atoms with E-state index in [1.54, 1.807) is 6.07 Å². The highest BCUT2D eigenvalue weighted by Gasteiger charge is 2.22. The Labute approximate surface area is 104 Å². The van der Waals surface area contributed by atoms with Crippen molar-refractivity contribution in [3.05, 3.63) is 24.0 Å². The normalized spacial score (nSPS) is 14.5. The summed E-state index contributed by atoms with van der Waals surface area (Å²) in [6.07, 6.45) is 2.37. The third kappa shape index (κ3) is 3.60. The monoisotopic (exact) mass is 257 g/mol. The molecule has 0 bridgehead atoms. The van der Waals surface area contributed by atoms with Crippen molar-refractivity contribution < 1.29 is 13.9 Å². The van der Waals surface area contributed by atoms with Crippen LogP contribution in [0.25, 0.3) is 0 Å². The molecule has 3 nitrogen and oxygen atoms in total. The molecule has 0 radical (unpaired) electrons. The van der Waals surface area contributed by atoms with Crippen LogP contribution in [0.2, 0.25) is 0 Å². The average molecular weight is 258 g/mol. The van der Waals surface area contributed by atoms with Crippen molar-refractivity contribution in [3.8, 4) is 5.75 Å². The molecule has 0 saturated heterocycles. The van der Waals surface area contributed by atoms with Crippen LogP contribution in [0.15, 0.2) is 18.2 Å². The summed E-state index contributed by atoms with van der Waals surface area (Å²) in [4.78, 5) is 11.0. The molecule has 1 N–H and O–H groups in total. The Hall–Kier alpha value is -1.29. The van der Waals surface area contributed by atoms with Crippen LogP contribution in [-0.2, 0) is 4.79 Å². The second-order valence-electron chi connectivity index (χ2n) is 4.08. The lowest BCUT2D eigenvalue weighted by Crippen LogP contribution is -2.13. The van der Waals surface area contributed by atoms with Crippen molar-refractivity contribution in [1.29, 1.82) is 0 Å². The number of rotatable bonds is 5. The predicted molar refractivity (Wildman–Crippen MR) is 64.0 cm³/mol. The van der Waals surface area contributed by atoms with Gasteiger partial charge in [-0.1, -0.05) is 0 Å². The summed E-state index contributed by atoms with van der Waals surface area (Å²) in [5.41, 5.74) is 0.120. The van der Waals surface area contributed by atoms with E-state index in [2.05, 4.69) is 5.32 Å². The number of halogens is 2. The van der Waals surface area contributed by atoms with E-state index in [1.165, 1.54) is 25.0 Å². The zero-order valence-corrected chi connectivity index (χ0v) is 9.97. The minimum Gasteiger partial charge on any atom is -0.493 e. The molecule has 0 aromatic heterocycles. The van der Waals surface area contributed by atoms with E-state index >= 15 is 0 Å². The van der Waals surface area contributed by atoms with Gasteiger partial charge in [-0.25, -0.2) is 4.39 Å². The maximum absolute atomic E-state index is 13.5. The molecular formula is C12H13ClFNO2. The van der Waals surface area contributed by atoms with Gasteiger partial charge in [0.1, 0.15) is 17.4 Å². The van der Waals surface area contributed by atoms with Crippen LogP contribution in [0.4, 0.5) is 10.1 Å². The molecule has 2 rings (SSSR count). The highest BCUT2D eigenvalue weighted by atomic mass is 35.5. The largest absolute Gasteiger partial charge is 0.493 e. The van der Waals surface area contributed by atoms with Crippen LogP contribution in [-0.4, -0.2) is 18.4 Å². The van der Waals surface area contributed by atoms with Crippen molar-refractivity contribution in [2.45, 2.75) is 12.8 Å². The number of benzene rings is 1. The molecule has 0 spiro atoms. The third-order valence-electron chi connectivity index (χ3n) is 2.52. The maximum Gasteiger partial charge on any atom is 0.239 e. The van der Waals surface area contributed by atoms with Gasteiger partial charge >= 0.3 is 0 Å². The van der Waals surface area contributed by atoms with Gasteiger partial charge in [-0.3, -0.25) is 4.79 Å². The van der Waals surface area contributed by atoms with Crippen molar-refractivity contribution in [2.75, 3.05) is 17.8 Å². The molecule has 1 saturated carbocycles. The molecule has 0 aliphatic heterocycles. The summed E-state index contributed by atoms with van der Waals surface area (Å²) in [6, 6.07) is 4.38. The first-order valence-electron chi connectivity index (χ1n) is 5.47. The standard InChI is InChI=1S/C12H13ClFNO2/c13-6-12(16)15-11-4-3-9(5-10(11)14)17-7-8-1-2-8/h3-5,8H,1-2,6-7H2,(H,15,16). The maximum atomic E-state index is 13.5. The van der Waals surface area contributed by atoms with Crippen LogP contribution >= 0.6 is 11.6 Å². The Morgan fingerprint density at radius 2 is 2.29 bits per heavy atom. The number of nitrogens with one attached hydrogen (secondary N) is 1. The topological polar surface area (TPSA) is 38.3 Å². The van der Waals surface area contributed by atoms with Gasteiger partial charge in [-0.15, -0.1) is 11.6 Å². The lowest BCUT2D eigenvalue weighted by molar-refractivity contribution is -0.113. The van der Waals surface area contributed by atoms with Gasteiger partial charge in [0.25, 0.3) is 0 Å². The molecule has 1 aromatic rings. The van der Waals surface area contributed by atoms with E-state index in [0.717, 1.165) is 0 Å². The molecule has 1 fully saturated rings. The fourth-order valence-corrected chi connectivity index (χ4v) is 1.44. The van der Waals surface area contributed by atoms with Crippen molar-refractivity contribution in [1.82, 2.24) is 0 Å². The van der Waals surface area contributed by atoms with Gasteiger partial charge in [0, 0.05) is 6.07 Å². The number of hydrogen-bond acceptors (Lipinski definition) is 2. The summed E-state index contributed by atoms with van der Waals surface area (Å²) in [7, 11) is 0. The number of carbonyl (C=O) groups excluding carboxylic acids is 1. The molecule has 1 aromatic carbocycles. The average Bonchev–Trinajstić information content (AvgIpc) is 3.13. The minimum atomic E-state index is -0.517. The molecular weight excluding hydrogens is 245 g/mol. The first-order chi connectivity index (χ1) is 8.19. The number of alkyl halides is 1. The molecule has 1 aliphatic carbocycles. The number of ether oxygens (including phenoxy) is 1. The molecule has 0 atom stereocenters. The van der Waals surface area contributed by atoms with Crippen LogP contribution in [0.1, 0.15) is 12.8 Å². The van der Waals surface area contributed by atoms with Gasteiger partial charge < -0.3 is 10.1 Å². The lowest BCUT2D eigenvalue weighted by Gasteiger charge is -2.08. The second-order valence-corrected chi connectivity index (χ2v) is 4.35. The van der Waals surface area contributed by atoms with Crippen LogP contribution in [0.3, 0.4) is 0 Å². The van der Waals surface area contributed by atoms with Crippen LogP contribution in [0, 0.1) is 11.7 Å². The first-order valence-corrected chi connectivity index (χ1v) is 6.00. The SMILES string of the molecule is O=C(CCl)Nc1ccc(OCC2CC2)cc1F. The van der Waals surface area contributed by atoms with Crippen LogP contribution < -0.4 is 10.1 Å². The Morgan fingerprint density at radius 3 is 2.88 bits per heavy atom. The zero-order valence-electron chi connectivity index (χ0n) is 9.21.